The number of ether oxygens (including phenoxy) is 1. The summed E-state index contributed by atoms with van der Waals surface area (Å²) in [4.78, 5) is 24.3. The van der Waals surface area contributed by atoms with E-state index in [1.807, 2.05) is 20.9 Å². The van der Waals surface area contributed by atoms with Crippen LogP contribution in [0.3, 0.4) is 0 Å². The Kier molecular flexibility index (Phi) is 7.02. The molecule has 1 heterocycles. The van der Waals surface area contributed by atoms with E-state index in [2.05, 4.69) is 17.3 Å². The highest BCUT2D eigenvalue weighted by atomic mass is 16.5. The Morgan fingerprint density at radius 2 is 1.92 bits per heavy atom. The lowest BCUT2D eigenvalue weighted by Gasteiger charge is -2.27. The fourth-order valence-electron chi connectivity index (χ4n) is 3.56. The summed E-state index contributed by atoms with van der Waals surface area (Å²) in [6, 6.07) is 0. The van der Waals surface area contributed by atoms with E-state index in [1.165, 1.54) is 19.3 Å². The summed E-state index contributed by atoms with van der Waals surface area (Å²) >= 11 is 0. The lowest BCUT2D eigenvalue weighted by atomic mass is 9.80. The van der Waals surface area contributed by atoms with Crippen molar-refractivity contribution in [2.75, 3.05) is 11.9 Å². The van der Waals surface area contributed by atoms with Crippen LogP contribution in [0.2, 0.25) is 0 Å². The van der Waals surface area contributed by atoms with E-state index in [0.29, 0.717) is 5.69 Å². The lowest BCUT2D eigenvalue weighted by molar-refractivity contribution is -0.152. The van der Waals surface area contributed by atoms with Crippen molar-refractivity contribution in [1.29, 1.82) is 0 Å². The zero-order chi connectivity index (χ0) is 18.4. The molecule has 1 aliphatic carbocycles. The van der Waals surface area contributed by atoms with Gasteiger partial charge in [0, 0.05) is 7.05 Å². The number of esters is 1. The minimum absolute atomic E-state index is 0.0486. The standard InChI is InChI=1S/C19H31N3O3/c1-5-6-7-15-8-10-16(11-9-15)19(24)25-12-17(23)20-18-13(2)21-22(4)14(18)3/h15-16H,5-12H2,1-4H3,(H,20,23). The number of carbonyl (C=O) groups excluding carboxylic acids is 2. The van der Waals surface area contributed by atoms with Gasteiger partial charge in [0.05, 0.1) is 23.0 Å². The molecule has 1 saturated carbocycles. The van der Waals surface area contributed by atoms with Gasteiger partial charge in [-0.1, -0.05) is 26.2 Å². The van der Waals surface area contributed by atoms with E-state index in [-0.39, 0.29) is 24.4 Å². The number of nitrogens with one attached hydrogen (secondary N) is 1. The number of anilines is 1. The van der Waals surface area contributed by atoms with Gasteiger partial charge in [-0.05, 0) is 45.4 Å². The molecule has 140 valence electrons. The number of aryl methyl sites for hydroxylation is 2. The van der Waals surface area contributed by atoms with Crippen LogP contribution >= 0.6 is 0 Å². The molecule has 1 N–H and O–H groups in total. The van der Waals surface area contributed by atoms with E-state index in [0.717, 1.165) is 43.0 Å². The summed E-state index contributed by atoms with van der Waals surface area (Å²) in [7, 11) is 1.83. The van der Waals surface area contributed by atoms with Gasteiger partial charge in [0.15, 0.2) is 6.61 Å². The predicted octanol–water partition coefficient (Wildman–Crippen LogP) is 3.52. The highest BCUT2D eigenvalue weighted by Gasteiger charge is 2.27. The minimum Gasteiger partial charge on any atom is -0.455 e. The summed E-state index contributed by atoms with van der Waals surface area (Å²) in [5, 5.41) is 7.04. The first-order valence-corrected chi connectivity index (χ1v) is 9.39. The molecular weight excluding hydrogens is 318 g/mol. The highest BCUT2D eigenvalue weighted by molar-refractivity contribution is 5.93. The maximum atomic E-state index is 12.2. The van der Waals surface area contributed by atoms with Crippen molar-refractivity contribution in [3.63, 3.8) is 0 Å². The third kappa shape index (κ3) is 5.31. The number of hydrogen-bond donors (Lipinski definition) is 1. The molecule has 1 amide bonds. The fourth-order valence-corrected chi connectivity index (χ4v) is 3.56. The van der Waals surface area contributed by atoms with Gasteiger partial charge >= 0.3 is 5.97 Å². The van der Waals surface area contributed by atoms with Crippen LogP contribution in [0.5, 0.6) is 0 Å². The molecule has 0 atom stereocenters. The van der Waals surface area contributed by atoms with Crippen molar-refractivity contribution in [2.45, 2.75) is 65.7 Å². The second-order valence-corrected chi connectivity index (χ2v) is 7.19. The number of unbranched alkanes of at least 4 members (excludes halogenated alkanes) is 1. The van der Waals surface area contributed by atoms with Gasteiger partial charge in [-0.3, -0.25) is 14.3 Å². The van der Waals surface area contributed by atoms with Crippen LogP contribution in [0.4, 0.5) is 5.69 Å². The molecular formula is C19H31N3O3. The van der Waals surface area contributed by atoms with Gasteiger partial charge < -0.3 is 10.1 Å². The van der Waals surface area contributed by atoms with Gasteiger partial charge in [0.2, 0.25) is 0 Å². The van der Waals surface area contributed by atoms with Gasteiger partial charge in [-0.2, -0.15) is 5.10 Å². The fraction of sp³-hybridized carbons (Fsp3) is 0.737. The minimum atomic E-state index is -0.316. The van der Waals surface area contributed by atoms with E-state index in [4.69, 9.17) is 4.74 Å². The quantitative estimate of drug-likeness (QED) is 0.765. The molecule has 1 fully saturated rings. The molecule has 0 spiro atoms. The SMILES string of the molecule is CCCCC1CCC(C(=O)OCC(=O)Nc2c(C)nn(C)c2C)CC1. The van der Waals surface area contributed by atoms with Crippen LogP contribution in [0.25, 0.3) is 0 Å². The molecule has 6 heteroatoms. The summed E-state index contributed by atoms with van der Waals surface area (Å²) in [5.74, 6) is 0.157. The molecule has 1 aliphatic rings. The summed E-state index contributed by atoms with van der Waals surface area (Å²) < 4.78 is 6.96. The topological polar surface area (TPSA) is 73.2 Å². The van der Waals surface area contributed by atoms with Crippen LogP contribution in [0, 0.1) is 25.7 Å². The first kappa shape index (κ1) is 19.5. The number of nitrogens with zero attached hydrogens (tertiary/aromatic N) is 2. The Labute approximate surface area is 150 Å². The van der Waals surface area contributed by atoms with Gasteiger partial charge in [-0.25, -0.2) is 0 Å². The molecule has 0 saturated heterocycles. The monoisotopic (exact) mass is 349 g/mol. The second-order valence-electron chi connectivity index (χ2n) is 7.19. The van der Waals surface area contributed by atoms with Gasteiger partial charge in [0.25, 0.3) is 5.91 Å². The third-order valence-corrected chi connectivity index (χ3v) is 5.26. The number of aromatic nitrogens is 2. The van der Waals surface area contributed by atoms with Crippen LogP contribution in [-0.2, 0) is 21.4 Å². The molecule has 0 aromatic carbocycles. The number of hydrogen-bond acceptors (Lipinski definition) is 4. The zero-order valence-corrected chi connectivity index (χ0v) is 15.9. The van der Waals surface area contributed by atoms with Gasteiger partial charge in [-0.15, -0.1) is 0 Å². The van der Waals surface area contributed by atoms with Crippen molar-refractivity contribution < 1.29 is 14.3 Å². The Bertz CT molecular complexity index is 601. The average molecular weight is 349 g/mol. The number of amides is 1. The Morgan fingerprint density at radius 1 is 1.24 bits per heavy atom. The van der Waals surface area contributed by atoms with E-state index in [1.54, 1.807) is 4.68 Å². The smallest absolute Gasteiger partial charge is 0.309 e. The van der Waals surface area contributed by atoms with E-state index in [9.17, 15) is 9.59 Å². The zero-order valence-electron chi connectivity index (χ0n) is 15.9. The second kappa shape index (κ2) is 9.02. The predicted molar refractivity (Wildman–Crippen MR) is 97.2 cm³/mol. The maximum absolute atomic E-state index is 12.2. The van der Waals surface area contributed by atoms with Crippen molar-refractivity contribution in [3.05, 3.63) is 11.4 Å². The molecule has 0 radical (unpaired) electrons. The molecule has 2 rings (SSSR count). The summed E-state index contributed by atoms with van der Waals surface area (Å²) in [5.41, 5.74) is 2.33. The molecule has 0 bridgehead atoms. The van der Waals surface area contributed by atoms with Crippen LogP contribution in [0.1, 0.15) is 63.3 Å². The van der Waals surface area contributed by atoms with Crippen LogP contribution in [-0.4, -0.2) is 28.3 Å². The highest BCUT2D eigenvalue weighted by Crippen LogP contribution is 2.32. The summed E-state index contributed by atoms with van der Waals surface area (Å²) in [6.45, 7) is 5.70. The van der Waals surface area contributed by atoms with Gasteiger partial charge in [0.1, 0.15) is 0 Å². The normalized spacial score (nSPS) is 20.3. The molecule has 6 nitrogen and oxygen atoms in total. The molecule has 25 heavy (non-hydrogen) atoms. The van der Waals surface area contributed by atoms with Crippen molar-refractivity contribution in [1.82, 2.24) is 9.78 Å². The summed E-state index contributed by atoms with van der Waals surface area (Å²) in [6.07, 6.45) is 7.73. The van der Waals surface area contributed by atoms with E-state index < -0.39 is 0 Å². The largest absolute Gasteiger partial charge is 0.455 e. The third-order valence-electron chi connectivity index (χ3n) is 5.26. The van der Waals surface area contributed by atoms with Crippen LogP contribution in [0.15, 0.2) is 0 Å². The number of carbonyl (C=O) groups is 2. The van der Waals surface area contributed by atoms with Crippen molar-refractivity contribution >= 4 is 17.6 Å². The van der Waals surface area contributed by atoms with Crippen LogP contribution < -0.4 is 5.32 Å². The Hall–Kier alpha value is -1.85. The average Bonchev–Trinajstić information content (AvgIpc) is 2.84. The lowest BCUT2D eigenvalue weighted by Crippen LogP contribution is -2.27. The van der Waals surface area contributed by atoms with E-state index >= 15 is 0 Å². The molecule has 0 unspecified atom stereocenters. The molecule has 1 aromatic rings. The first-order valence-electron chi connectivity index (χ1n) is 9.39. The Balaban J connectivity index is 1.74. The van der Waals surface area contributed by atoms with Crippen molar-refractivity contribution in [2.24, 2.45) is 18.9 Å². The molecule has 1 aromatic heterocycles. The molecule has 0 aliphatic heterocycles. The number of rotatable bonds is 7. The first-order chi connectivity index (χ1) is 11.9. The van der Waals surface area contributed by atoms with Crippen molar-refractivity contribution in [3.8, 4) is 0 Å². The Morgan fingerprint density at radius 3 is 2.48 bits per heavy atom. The maximum Gasteiger partial charge on any atom is 0.309 e.